The molecule has 0 radical (unpaired) electrons. The maximum Gasteiger partial charge on any atom is 0.251 e. The van der Waals surface area contributed by atoms with Gasteiger partial charge in [0.2, 0.25) is 0 Å². The second-order valence-electron chi connectivity index (χ2n) is 9.54. The van der Waals surface area contributed by atoms with Crippen molar-refractivity contribution in [2.45, 2.75) is 32.2 Å². The molecule has 174 valence electrons. The van der Waals surface area contributed by atoms with Crippen LogP contribution in [0, 0.1) is 5.82 Å². The molecule has 1 amide bonds. The Morgan fingerprint density at radius 1 is 1.00 bits per heavy atom. The first-order chi connectivity index (χ1) is 15.8. The number of anilines is 1. The molecule has 5 nitrogen and oxygen atoms in total. The molecule has 1 atom stereocenters. The molecule has 0 saturated carbocycles. The standard InChI is InChI=1S/C27H32FN3O2/c1-27(2,3)21-12-10-20(11-13-21)26(32)29-19-24(25-9-6-18-33-25)31-16-14-30(15-17-31)23-8-5-4-7-22(23)28/h4-13,18,24H,14-17,19H2,1-3H3,(H,29,32)/t24-/m0/s1. The smallest absolute Gasteiger partial charge is 0.251 e. The van der Waals surface area contributed by atoms with E-state index in [0.717, 1.165) is 18.8 Å². The van der Waals surface area contributed by atoms with Crippen molar-refractivity contribution in [2.75, 3.05) is 37.6 Å². The van der Waals surface area contributed by atoms with E-state index in [2.05, 4.69) is 35.9 Å². The molecule has 1 N–H and O–H groups in total. The quantitative estimate of drug-likeness (QED) is 0.575. The van der Waals surface area contributed by atoms with Gasteiger partial charge in [0.25, 0.3) is 5.91 Å². The van der Waals surface area contributed by atoms with Gasteiger partial charge in [-0.2, -0.15) is 0 Å². The average molecular weight is 450 g/mol. The highest BCUT2D eigenvalue weighted by Crippen LogP contribution is 2.26. The topological polar surface area (TPSA) is 48.7 Å². The van der Waals surface area contributed by atoms with E-state index >= 15 is 0 Å². The van der Waals surface area contributed by atoms with Crippen LogP contribution in [0.1, 0.15) is 48.5 Å². The number of nitrogens with zero attached hydrogens (tertiary/aromatic N) is 2. The molecular formula is C27H32FN3O2. The Balaban J connectivity index is 1.40. The Morgan fingerprint density at radius 2 is 1.70 bits per heavy atom. The number of furan rings is 1. The van der Waals surface area contributed by atoms with Crippen molar-refractivity contribution in [1.29, 1.82) is 0 Å². The lowest BCUT2D eigenvalue weighted by Crippen LogP contribution is -2.50. The van der Waals surface area contributed by atoms with Crippen molar-refractivity contribution < 1.29 is 13.6 Å². The zero-order chi connectivity index (χ0) is 23.4. The molecule has 0 aliphatic carbocycles. The highest BCUT2D eigenvalue weighted by molar-refractivity contribution is 5.94. The molecule has 2 heterocycles. The van der Waals surface area contributed by atoms with E-state index in [4.69, 9.17) is 4.42 Å². The van der Waals surface area contributed by atoms with Crippen molar-refractivity contribution >= 4 is 11.6 Å². The monoisotopic (exact) mass is 449 g/mol. The highest BCUT2D eigenvalue weighted by atomic mass is 19.1. The summed E-state index contributed by atoms with van der Waals surface area (Å²) in [6.07, 6.45) is 1.66. The second-order valence-corrected chi connectivity index (χ2v) is 9.54. The van der Waals surface area contributed by atoms with Crippen molar-refractivity contribution in [1.82, 2.24) is 10.2 Å². The number of hydrogen-bond donors (Lipinski definition) is 1. The number of benzene rings is 2. The molecule has 1 fully saturated rings. The zero-order valence-corrected chi connectivity index (χ0v) is 19.6. The van der Waals surface area contributed by atoms with E-state index < -0.39 is 0 Å². The third-order valence-electron chi connectivity index (χ3n) is 6.29. The second kappa shape index (κ2) is 9.79. The third kappa shape index (κ3) is 5.45. The van der Waals surface area contributed by atoms with Gasteiger partial charge in [-0.3, -0.25) is 9.69 Å². The molecule has 1 saturated heterocycles. The molecule has 6 heteroatoms. The minimum Gasteiger partial charge on any atom is -0.468 e. The van der Waals surface area contributed by atoms with Crippen molar-refractivity contribution in [3.8, 4) is 0 Å². The molecule has 0 unspecified atom stereocenters. The Bertz CT molecular complexity index is 1050. The van der Waals surface area contributed by atoms with Gasteiger partial charge >= 0.3 is 0 Å². The van der Waals surface area contributed by atoms with E-state index in [1.54, 1.807) is 12.3 Å². The van der Waals surface area contributed by atoms with Gasteiger partial charge in [0.1, 0.15) is 11.6 Å². The molecule has 33 heavy (non-hydrogen) atoms. The molecule has 1 aromatic heterocycles. The fourth-order valence-electron chi connectivity index (χ4n) is 4.29. The maximum atomic E-state index is 14.2. The van der Waals surface area contributed by atoms with Gasteiger partial charge in [-0.1, -0.05) is 45.0 Å². The van der Waals surface area contributed by atoms with Crippen LogP contribution in [0.25, 0.3) is 0 Å². The summed E-state index contributed by atoms with van der Waals surface area (Å²) in [7, 11) is 0. The van der Waals surface area contributed by atoms with Crippen LogP contribution in [0.2, 0.25) is 0 Å². The van der Waals surface area contributed by atoms with Gasteiger partial charge in [0, 0.05) is 38.3 Å². The van der Waals surface area contributed by atoms with Gasteiger partial charge in [0.15, 0.2) is 0 Å². The predicted octanol–water partition coefficient (Wildman–Crippen LogP) is 5.01. The van der Waals surface area contributed by atoms with Crippen molar-refractivity contribution in [3.63, 3.8) is 0 Å². The van der Waals surface area contributed by atoms with Gasteiger partial charge in [-0.25, -0.2) is 4.39 Å². The molecule has 0 bridgehead atoms. The first-order valence-electron chi connectivity index (χ1n) is 11.5. The summed E-state index contributed by atoms with van der Waals surface area (Å²) in [5.74, 6) is 0.521. The maximum absolute atomic E-state index is 14.2. The first-order valence-corrected chi connectivity index (χ1v) is 11.5. The van der Waals surface area contributed by atoms with E-state index in [9.17, 15) is 9.18 Å². The first kappa shape index (κ1) is 23.1. The van der Waals surface area contributed by atoms with Crippen LogP contribution >= 0.6 is 0 Å². The summed E-state index contributed by atoms with van der Waals surface area (Å²) in [5.41, 5.74) is 2.52. The fraction of sp³-hybridized carbons (Fsp3) is 0.370. The number of hydrogen-bond acceptors (Lipinski definition) is 4. The lowest BCUT2D eigenvalue weighted by atomic mass is 9.87. The van der Waals surface area contributed by atoms with Crippen LogP contribution in [0.5, 0.6) is 0 Å². The molecule has 1 aliphatic rings. The fourth-order valence-corrected chi connectivity index (χ4v) is 4.29. The predicted molar refractivity (Wildman–Crippen MR) is 129 cm³/mol. The Morgan fingerprint density at radius 3 is 2.30 bits per heavy atom. The summed E-state index contributed by atoms with van der Waals surface area (Å²) in [6, 6.07) is 18.4. The van der Waals surface area contributed by atoms with Crippen LogP contribution < -0.4 is 10.2 Å². The SMILES string of the molecule is CC(C)(C)c1ccc(C(=O)NC[C@@H](c2ccco2)N2CCN(c3ccccc3F)CC2)cc1. The number of piperazine rings is 1. The number of para-hydroxylation sites is 1. The van der Waals surface area contributed by atoms with Crippen LogP contribution in [-0.4, -0.2) is 43.5 Å². The number of rotatable bonds is 6. The minimum atomic E-state index is -0.196. The van der Waals surface area contributed by atoms with E-state index in [1.807, 2.05) is 48.5 Å². The highest BCUT2D eigenvalue weighted by Gasteiger charge is 2.28. The Kier molecular flexibility index (Phi) is 6.84. The van der Waals surface area contributed by atoms with E-state index in [0.29, 0.717) is 30.9 Å². The lowest BCUT2D eigenvalue weighted by Gasteiger charge is -2.39. The van der Waals surface area contributed by atoms with Gasteiger partial charge in [-0.15, -0.1) is 0 Å². The average Bonchev–Trinajstić information content (AvgIpc) is 3.34. The summed E-state index contributed by atoms with van der Waals surface area (Å²) < 4.78 is 19.9. The van der Waals surface area contributed by atoms with Gasteiger partial charge in [-0.05, 0) is 47.4 Å². The number of nitrogens with one attached hydrogen (secondary N) is 1. The normalized spacial score (nSPS) is 15.9. The van der Waals surface area contributed by atoms with Crippen LogP contribution in [0.4, 0.5) is 10.1 Å². The van der Waals surface area contributed by atoms with E-state index in [1.165, 1.54) is 11.6 Å². The van der Waals surface area contributed by atoms with Gasteiger partial charge in [0.05, 0.1) is 18.0 Å². The summed E-state index contributed by atoms with van der Waals surface area (Å²) in [6.45, 7) is 9.81. The van der Waals surface area contributed by atoms with Crippen molar-refractivity contribution in [3.05, 3.63) is 89.6 Å². The Labute approximate surface area is 195 Å². The summed E-state index contributed by atoms with van der Waals surface area (Å²) in [5, 5.41) is 3.08. The molecular weight excluding hydrogens is 417 g/mol. The van der Waals surface area contributed by atoms with Crippen LogP contribution in [0.3, 0.4) is 0 Å². The molecule has 1 aliphatic heterocycles. The van der Waals surface area contributed by atoms with Crippen LogP contribution in [-0.2, 0) is 5.41 Å². The largest absolute Gasteiger partial charge is 0.468 e. The lowest BCUT2D eigenvalue weighted by molar-refractivity contribution is 0.0922. The molecule has 4 rings (SSSR count). The number of halogens is 1. The van der Waals surface area contributed by atoms with E-state index in [-0.39, 0.29) is 23.2 Å². The third-order valence-corrected chi connectivity index (χ3v) is 6.29. The zero-order valence-electron chi connectivity index (χ0n) is 19.6. The summed E-state index contributed by atoms with van der Waals surface area (Å²) in [4.78, 5) is 17.2. The molecule has 2 aromatic carbocycles. The molecule has 0 spiro atoms. The Hall–Kier alpha value is -3.12. The number of amides is 1. The summed E-state index contributed by atoms with van der Waals surface area (Å²) >= 11 is 0. The van der Waals surface area contributed by atoms with Crippen molar-refractivity contribution in [2.24, 2.45) is 0 Å². The van der Waals surface area contributed by atoms with Crippen LogP contribution in [0.15, 0.2) is 71.3 Å². The minimum absolute atomic E-state index is 0.0458. The number of carbonyl (C=O) groups is 1. The number of carbonyl (C=O) groups excluding carboxylic acids is 1. The van der Waals surface area contributed by atoms with Gasteiger partial charge < -0.3 is 14.6 Å². The molecule has 3 aromatic rings.